The van der Waals surface area contributed by atoms with E-state index in [2.05, 4.69) is 49.3 Å². The maximum absolute atomic E-state index is 13.3. The number of fused-ring (bicyclic) bond motifs is 3. The van der Waals surface area contributed by atoms with E-state index in [1.54, 1.807) is 12.1 Å². The predicted molar refractivity (Wildman–Crippen MR) is 122 cm³/mol. The van der Waals surface area contributed by atoms with Crippen LogP contribution in [-0.2, 0) is 5.41 Å². The molecule has 3 aromatic carbocycles. The van der Waals surface area contributed by atoms with Crippen molar-refractivity contribution in [1.82, 2.24) is 0 Å². The van der Waals surface area contributed by atoms with Crippen molar-refractivity contribution in [3.63, 3.8) is 0 Å². The molecule has 0 bridgehead atoms. The first-order chi connectivity index (χ1) is 14.7. The molecular weight excluding hydrogens is 370 g/mol. The molecule has 0 aromatic heterocycles. The van der Waals surface area contributed by atoms with Gasteiger partial charge in [-0.25, -0.2) is 0 Å². The molecule has 1 N–H and O–H groups in total. The smallest absolute Gasteiger partial charge is 0.215 e. The molecule has 0 saturated heterocycles. The van der Waals surface area contributed by atoms with Crippen LogP contribution in [0.1, 0.15) is 66.6 Å². The van der Waals surface area contributed by atoms with Crippen LogP contribution in [0.3, 0.4) is 0 Å². The summed E-state index contributed by atoms with van der Waals surface area (Å²) in [4.78, 5) is 13.3. The lowest BCUT2D eigenvalue weighted by Gasteiger charge is -2.32. The second-order valence-electron chi connectivity index (χ2n) is 8.03. The average Bonchev–Trinajstić information content (AvgIpc) is 3.05. The van der Waals surface area contributed by atoms with Crippen LogP contribution in [0.25, 0.3) is 11.1 Å². The highest BCUT2D eigenvalue weighted by atomic mass is 16.4. The fraction of sp³-hybridized carbons (Fsp3) is 0.259. The summed E-state index contributed by atoms with van der Waals surface area (Å²) in [7, 11) is 0. The molecule has 0 radical (unpaired) electrons. The lowest BCUT2D eigenvalue weighted by atomic mass is 9.71. The minimum Gasteiger partial charge on any atom is -0.410 e. The SMILES string of the molecule is CCCC1(CCC)c2ccccc2-c2ccc(C(=O)C(=NO)c3ccccc3)cc21. The van der Waals surface area contributed by atoms with Crippen LogP contribution in [0.2, 0.25) is 0 Å². The average molecular weight is 398 g/mol. The van der Waals surface area contributed by atoms with Crippen molar-refractivity contribution in [3.05, 3.63) is 95.1 Å². The first-order valence-electron chi connectivity index (χ1n) is 10.7. The number of oxime groups is 1. The number of benzene rings is 3. The van der Waals surface area contributed by atoms with Crippen molar-refractivity contribution in [3.8, 4) is 11.1 Å². The van der Waals surface area contributed by atoms with Gasteiger partial charge in [-0.1, -0.05) is 98.6 Å². The van der Waals surface area contributed by atoms with Crippen LogP contribution < -0.4 is 0 Å². The van der Waals surface area contributed by atoms with Gasteiger partial charge in [0.2, 0.25) is 5.78 Å². The van der Waals surface area contributed by atoms with E-state index >= 15 is 0 Å². The fourth-order valence-electron chi connectivity index (χ4n) is 5.08. The quantitative estimate of drug-likeness (QED) is 0.211. The summed E-state index contributed by atoms with van der Waals surface area (Å²) in [6, 6.07) is 23.7. The molecule has 0 aliphatic heterocycles. The predicted octanol–water partition coefficient (Wildman–Crippen LogP) is 6.61. The Bertz CT molecular complexity index is 1090. The van der Waals surface area contributed by atoms with Gasteiger partial charge < -0.3 is 5.21 Å². The first-order valence-corrected chi connectivity index (χ1v) is 10.7. The van der Waals surface area contributed by atoms with Crippen LogP contribution in [0.15, 0.2) is 78.0 Å². The number of carbonyl (C=O) groups excluding carboxylic acids is 1. The van der Waals surface area contributed by atoms with Gasteiger partial charge in [-0.3, -0.25) is 4.79 Å². The molecule has 3 nitrogen and oxygen atoms in total. The molecule has 3 aromatic rings. The number of rotatable bonds is 7. The summed E-state index contributed by atoms with van der Waals surface area (Å²) in [6.07, 6.45) is 4.23. The molecule has 0 fully saturated rings. The third kappa shape index (κ3) is 3.15. The number of carbonyl (C=O) groups is 1. The Balaban J connectivity index is 1.85. The molecule has 0 spiro atoms. The second kappa shape index (κ2) is 8.27. The van der Waals surface area contributed by atoms with E-state index in [9.17, 15) is 10.0 Å². The van der Waals surface area contributed by atoms with Crippen LogP contribution >= 0.6 is 0 Å². The van der Waals surface area contributed by atoms with Gasteiger partial charge >= 0.3 is 0 Å². The van der Waals surface area contributed by atoms with Crippen molar-refractivity contribution in [1.29, 1.82) is 0 Å². The highest BCUT2D eigenvalue weighted by Gasteiger charge is 2.42. The summed E-state index contributed by atoms with van der Waals surface area (Å²) < 4.78 is 0. The zero-order chi connectivity index (χ0) is 21.1. The molecule has 30 heavy (non-hydrogen) atoms. The van der Waals surface area contributed by atoms with Crippen molar-refractivity contribution >= 4 is 11.5 Å². The number of Topliss-reactive ketones (excluding diaryl/α,β-unsaturated/α-hetero) is 1. The minimum absolute atomic E-state index is 0.0719. The minimum atomic E-state index is -0.260. The largest absolute Gasteiger partial charge is 0.410 e. The summed E-state index contributed by atoms with van der Waals surface area (Å²) in [5, 5.41) is 12.9. The number of nitrogens with zero attached hydrogens (tertiary/aromatic N) is 1. The summed E-state index contributed by atoms with van der Waals surface area (Å²) in [5.41, 5.74) is 6.25. The second-order valence-corrected chi connectivity index (χ2v) is 8.03. The third-order valence-electron chi connectivity index (χ3n) is 6.25. The Morgan fingerprint density at radius 1 is 0.800 bits per heavy atom. The van der Waals surface area contributed by atoms with Gasteiger partial charge in [-0.05, 0) is 41.2 Å². The number of hydrogen-bond donors (Lipinski definition) is 1. The van der Waals surface area contributed by atoms with Gasteiger partial charge in [0.25, 0.3) is 0 Å². The Morgan fingerprint density at radius 3 is 2.10 bits per heavy atom. The molecule has 0 amide bonds. The zero-order valence-corrected chi connectivity index (χ0v) is 17.6. The normalized spacial score (nSPS) is 14.3. The third-order valence-corrected chi connectivity index (χ3v) is 6.25. The molecule has 152 valence electrons. The van der Waals surface area contributed by atoms with E-state index in [4.69, 9.17) is 0 Å². The molecule has 4 rings (SSSR count). The summed E-state index contributed by atoms with van der Waals surface area (Å²) >= 11 is 0. The molecule has 0 heterocycles. The Labute approximate surface area is 178 Å². The molecular formula is C27H27NO2. The van der Waals surface area contributed by atoms with Gasteiger partial charge in [-0.15, -0.1) is 0 Å². The highest BCUT2D eigenvalue weighted by molar-refractivity contribution is 6.51. The van der Waals surface area contributed by atoms with Gasteiger partial charge in [0.1, 0.15) is 0 Å². The number of ketones is 1. The molecule has 0 saturated carbocycles. The van der Waals surface area contributed by atoms with Crippen molar-refractivity contribution in [2.24, 2.45) is 5.16 Å². The van der Waals surface area contributed by atoms with E-state index < -0.39 is 0 Å². The Kier molecular flexibility index (Phi) is 5.54. The highest BCUT2D eigenvalue weighted by Crippen LogP contribution is 2.53. The molecule has 1 aliphatic rings. The lowest BCUT2D eigenvalue weighted by molar-refractivity contribution is 0.106. The maximum atomic E-state index is 13.3. The van der Waals surface area contributed by atoms with E-state index in [0.29, 0.717) is 11.1 Å². The molecule has 1 aliphatic carbocycles. The topological polar surface area (TPSA) is 49.7 Å². The van der Waals surface area contributed by atoms with Crippen LogP contribution in [0.4, 0.5) is 0 Å². The van der Waals surface area contributed by atoms with E-state index in [-0.39, 0.29) is 16.9 Å². The van der Waals surface area contributed by atoms with Crippen LogP contribution in [0.5, 0.6) is 0 Å². The Hall–Kier alpha value is -3.20. The lowest BCUT2D eigenvalue weighted by Crippen LogP contribution is -2.25. The van der Waals surface area contributed by atoms with Gasteiger partial charge in [-0.2, -0.15) is 0 Å². The molecule has 0 atom stereocenters. The van der Waals surface area contributed by atoms with Gasteiger partial charge in [0.05, 0.1) is 0 Å². The van der Waals surface area contributed by atoms with Crippen molar-refractivity contribution in [2.45, 2.75) is 44.9 Å². The van der Waals surface area contributed by atoms with Crippen molar-refractivity contribution < 1.29 is 10.0 Å². The fourth-order valence-corrected chi connectivity index (χ4v) is 5.08. The van der Waals surface area contributed by atoms with Gasteiger partial charge in [0.15, 0.2) is 5.71 Å². The maximum Gasteiger partial charge on any atom is 0.215 e. The van der Waals surface area contributed by atoms with Crippen molar-refractivity contribution in [2.75, 3.05) is 0 Å². The van der Waals surface area contributed by atoms with Crippen LogP contribution in [0, 0.1) is 0 Å². The van der Waals surface area contributed by atoms with E-state index in [1.165, 1.54) is 22.3 Å². The summed E-state index contributed by atoms with van der Waals surface area (Å²) in [6.45, 7) is 4.44. The first kappa shape index (κ1) is 20.1. The molecule has 3 heteroatoms. The zero-order valence-electron chi connectivity index (χ0n) is 17.6. The van der Waals surface area contributed by atoms with E-state index in [1.807, 2.05) is 30.3 Å². The van der Waals surface area contributed by atoms with E-state index in [0.717, 1.165) is 25.7 Å². The van der Waals surface area contributed by atoms with Crippen LogP contribution in [-0.4, -0.2) is 16.7 Å². The monoisotopic (exact) mass is 397 g/mol. The summed E-state index contributed by atoms with van der Waals surface area (Å²) in [5.74, 6) is -0.260. The molecule has 0 unspecified atom stereocenters. The Morgan fingerprint density at radius 2 is 1.43 bits per heavy atom. The van der Waals surface area contributed by atoms with Gasteiger partial charge in [0, 0.05) is 16.5 Å². The standard InChI is InChI=1S/C27H27NO2/c1-3-16-27(17-4-2)23-13-9-8-12-21(23)22-15-14-20(18-24(22)27)26(29)25(28-30)19-10-6-5-7-11-19/h5-15,18,30H,3-4,16-17H2,1-2H3. The number of hydrogen-bond acceptors (Lipinski definition) is 3.